The van der Waals surface area contributed by atoms with Gasteiger partial charge in [0.05, 0.1) is 22.5 Å². The summed E-state index contributed by atoms with van der Waals surface area (Å²) in [5, 5.41) is 15.0. The summed E-state index contributed by atoms with van der Waals surface area (Å²) in [5.41, 5.74) is 0.155. The number of aliphatic hydroxyl groups is 1. The van der Waals surface area contributed by atoms with Crippen LogP contribution in [0.4, 0.5) is 0 Å². The molecule has 0 amide bonds. The number of ether oxygens (including phenoxy) is 1. The molecule has 1 atom stereocenters. The molecular weight excluding hydrogens is 228 g/mol. The molecule has 0 spiro atoms. The fraction of sp³-hybridized carbons (Fsp3) is 0.727. The van der Waals surface area contributed by atoms with E-state index < -0.39 is 11.7 Å². The molecule has 1 aromatic heterocycles. The van der Waals surface area contributed by atoms with E-state index in [1.54, 1.807) is 25.0 Å². The van der Waals surface area contributed by atoms with Gasteiger partial charge in [-0.05, 0) is 12.8 Å². The van der Waals surface area contributed by atoms with Crippen LogP contribution in [0.2, 0.25) is 5.02 Å². The van der Waals surface area contributed by atoms with Gasteiger partial charge in [-0.25, -0.2) is 0 Å². The molecule has 1 unspecified atom stereocenters. The molecule has 0 aromatic carbocycles. The lowest BCUT2D eigenvalue weighted by Crippen LogP contribution is -2.36. The molecular formula is C11H17ClN2O2. The first-order valence-electron chi connectivity index (χ1n) is 5.51. The van der Waals surface area contributed by atoms with Gasteiger partial charge >= 0.3 is 0 Å². The number of aryl methyl sites for hydroxylation is 1. The van der Waals surface area contributed by atoms with Crippen LogP contribution in [0.3, 0.4) is 0 Å². The van der Waals surface area contributed by atoms with E-state index in [0.29, 0.717) is 10.7 Å². The summed E-state index contributed by atoms with van der Waals surface area (Å²) >= 11 is 6.04. The maximum Gasteiger partial charge on any atom is 0.126 e. The van der Waals surface area contributed by atoms with Gasteiger partial charge in [0.2, 0.25) is 0 Å². The van der Waals surface area contributed by atoms with Gasteiger partial charge in [-0.1, -0.05) is 24.4 Å². The average Bonchev–Trinajstić information content (AvgIpc) is 2.86. The fourth-order valence-electron chi connectivity index (χ4n) is 2.54. The molecule has 1 aliphatic carbocycles. The van der Waals surface area contributed by atoms with Crippen LogP contribution in [0, 0.1) is 0 Å². The molecule has 1 fully saturated rings. The van der Waals surface area contributed by atoms with E-state index >= 15 is 0 Å². The third-order valence-corrected chi connectivity index (χ3v) is 3.84. The average molecular weight is 245 g/mol. The Bertz CT molecular complexity index is 353. The quantitative estimate of drug-likeness (QED) is 0.886. The Kier molecular flexibility index (Phi) is 3.24. The number of methoxy groups -OCH3 is 1. The van der Waals surface area contributed by atoms with Crippen LogP contribution < -0.4 is 0 Å². The number of nitrogens with zero attached hydrogens (tertiary/aromatic N) is 2. The highest BCUT2D eigenvalue weighted by atomic mass is 35.5. The van der Waals surface area contributed by atoms with Gasteiger partial charge in [0, 0.05) is 14.2 Å². The zero-order valence-corrected chi connectivity index (χ0v) is 10.4. The molecule has 90 valence electrons. The number of hydrogen-bond acceptors (Lipinski definition) is 3. The first-order valence-corrected chi connectivity index (χ1v) is 5.89. The highest BCUT2D eigenvalue weighted by Crippen LogP contribution is 2.43. The lowest BCUT2D eigenvalue weighted by atomic mass is 9.92. The van der Waals surface area contributed by atoms with Gasteiger partial charge in [-0.3, -0.25) is 4.68 Å². The third-order valence-electron chi connectivity index (χ3n) is 3.55. The number of aliphatic hydroxyl groups excluding tert-OH is 1. The Balaban J connectivity index is 2.33. The summed E-state index contributed by atoms with van der Waals surface area (Å²) in [6.45, 7) is 0. The summed E-state index contributed by atoms with van der Waals surface area (Å²) < 4.78 is 7.16. The van der Waals surface area contributed by atoms with Crippen molar-refractivity contribution in [3.8, 4) is 0 Å². The van der Waals surface area contributed by atoms with Crippen molar-refractivity contribution < 1.29 is 9.84 Å². The Morgan fingerprint density at radius 2 is 2.19 bits per heavy atom. The van der Waals surface area contributed by atoms with Crippen LogP contribution in [-0.4, -0.2) is 27.6 Å². The van der Waals surface area contributed by atoms with E-state index in [-0.39, 0.29) is 0 Å². The zero-order chi connectivity index (χ0) is 11.8. The topological polar surface area (TPSA) is 47.3 Å². The predicted octanol–water partition coefficient (Wildman–Crippen LogP) is 2.07. The van der Waals surface area contributed by atoms with E-state index in [1.165, 1.54) is 0 Å². The minimum Gasteiger partial charge on any atom is -0.384 e. The number of rotatable bonds is 3. The molecule has 0 saturated heterocycles. The molecule has 16 heavy (non-hydrogen) atoms. The van der Waals surface area contributed by atoms with E-state index in [2.05, 4.69) is 5.10 Å². The van der Waals surface area contributed by atoms with Crippen LogP contribution in [0.5, 0.6) is 0 Å². The molecule has 0 radical (unpaired) electrons. The van der Waals surface area contributed by atoms with Gasteiger partial charge < -0.3 is 9.84 Å². The van der Waals surface area contributed by atoms with Crippen LogP contribution in [0.15, 0.2) is 6.20 Å². The van der Waals surface area contributed by atoms with E-state index in [1.807, 2.05) is 0 Å². The third kappa shape index (κ3) is 1.75. The van der Waals surface area contributed by atoms with E-state index in [0.717, 1.165) is 25.7 Å². The molecule has 1 N–H and O–H groups in total. The van der Waals surface area contributed by atoms with Gasteiger partial charge in [0.25, 0.3) is 0 Å². The lowest BCUT2D eigenvalue weighted by molar-refractivity contribution is -0.103. The zero-order valence-electron chi connectivity index (χ0n) is 9.61. The van der Waals surface area contributed by atoms with Gasteiger partial charge in [0.1, 0.15) is 6.10 Å². The summed E-state index contributed by atoms with van der Waals surface area (Å²) in [6, 6.07) is 0. The number of hydrogen-bond donors (Lipinski definition) is 1. The number of aromatic nitrogens is 2. The summed E-state index contributed by atoms with van der Waals surface area (Å²) in [7, 11) is 3.43. The molecule has 0 bridgehead atoms. The van der Waals surface area contributed by atoms with Crippen molar-refractivity contribution in [2.75, 3.05) is 7.11 Å². The highest BCUT2D eigenvalue weighted by molar-refractivity contribution is 6.31. The Labute approximate surface area is 100 Å². The van der Waals surface area contributed by atoms with Crippen molar-refractivity contribution in [2.45, 2.75) is 37.4 Å². The SMILES string of the molecule is COC1(C(O)c2c(Cl)cnn2C)CCCC1. The first-order chi connectivity index (χ1) is 7.60. The molecule has 2 rings (SSSR count). The van der Waals surface area contributed by atoms with Gasteiger partial charge in [0.15, 0.2) is 0 Å². The van der Waals surface area contributed by atoms with Crippen LogP contribution >= 0.6 is 11.6 Å². The Morgan fingerprint density at radius 3 is 2.62 bits per heavy atom. The van der Waals surface area contributed by atoms with Crippen molar-refractivity contribution in [3.05, 3.63) is 16.9 Å². The lowest BCUT2D eigenvalue weighted by Gasteiger charge is -2.33. The smallest absolute Gasteiger partial charge is 0.126 e. The predicted molar refractivity (Wildman–Crippen MR) is 61.4 cm³/mol. The van der Waals surface area contributed by atoms with E-state index in [4.69, 9.17) is 16.3 Å². The molecule has 1 aromatic rings. The van der Waals surface area contributed by atoms with Crippen LogP contribution in [0.25, 0.3) is 0 Å². The molecule has 1 aliphatic rings. The monoisotopic (exact) mass is 244 g/mol. The maximum absolute atomic E-state index is 10.5. The highest BCUT2D eigenvalue weighted by Gasteiger charge is 2.43. The van der Waals surface area contributed by atoms with Gasteiger partial charge in [-0.15, -0.1) is 0 Å². The number of halogens is 1. The summed E-state index contributed by atoms with van der Waals surface area (Å²) in [4.78, 5) is 0. The second-order valence-electron chi connectivity index (χ2n) is 4.38. The largest absolute Gasteiger partial charge is 0.384 e. The summed E-state index contributed by atoms with van der Waals surface area (Å²) in [6.07, 6.45) is 4.75. The normalized spacial score (nSPS) is 21.2. The van der Waals surface area contributed by atoms with Crippen LogP contribution in [0.1, 0.15) is 37.5 Å². The molecule has 1 saturated carbocycles. The maximum atomic E-state index is 10.5. The first kappa shape index (κ1) is 11.9. The van der Waals surface area contributed by atoms with Crippen molar-refractivity contribution >= 4 is 11.6 Å². The standard InChI is InChI=1S/C11H17ClN2O2/c1-14-9(8(12)7-13-14)10(15)11(16-2)5-3-4-6-11/h7,10,15H,3-6H2,1-2H3. The van der Waals surface area contributed by atoms with Crippen molar-refractivity contribution in [3.63, 3.8) is 0 Å². The van der Waals surface area contributed by atoms with Crippen molar-refractivity contribution in [1.29, 1.82) is 0 Å². The molecule has 1 heterocycles. The fourth-order valence-corrected chi connectivity index (χ4v) is 2.81. The van der Waals surface area contributed by atoms with E-state index in [9.17, 15) is 5.11 Å². The molecule has 0 aliphatic heterocycles. The van der Waals surface area contributed by atoms with Crippen molar-refractivity contribution in [1.82, 2.24) is 9.78 Å². The Hall–Kier alpha value is -0.580. The summed E-state index contributed by atoms with van der Waals surface area (Å²) in [5.74, 6) is 0. The second kappa shape index (κ2) is 4.35. The van der Waals surface area contributed by atoms with Crippen LogP contribution in [-0.2, 0) is 11.8 Å². The Morgan fingerprint density at radius 1 is 1.56 bits per heavy atom. The minimum absolute atomic E-state index is 0.489. The minimum atomic E-state index is -0.708. The second-order valence-corrected chi connectivity index (χ2v) is 4.79. The molecule has 4 nitrogen and oxygen atoms in total. The molecule has 5 heteroatoms. The van der Waals surface area contributed by atoms with Gasteiger partial charge in [-0.2, -0.15) is 5.10 Å². The van der Waals surface area contributed by atoms with Crippen molar-refractivity contribution in [2.24, 2.45) is 7.05 Å².